The molecule has 2 atom stereocenters. The van der Waals surface area contributed by atoms with Crippen molar-refractivity contribution in [3.8, 4) is 5.69 Å². The number of benzene rings is 1. The Hall–Kier alpha value is -4.11. The fourth-order valence-electron chi connectivity index (χ4n) is 4.19. The van der Waals surface area contributed by atoms with E-state index in [1.165, 1.54) is 6.07 Å². The van der Waals surface area contributed by atoms with E-state index in [2.05, 4.69) is 20.2 Å². The van der Waals surface area contributed by atoms with Gasteiger partial charge in [0.1, 0.15) is 0 Å². The number of thiocarbonyl (C=S) groups is 1. The molecule has 0 radical (unpaired) electrons. The van der Waals surface area contributed by atoms with Crippen molar-refractivity contribution in [1.29, 1.82) is 0 Å². The standard InChI is InChI=1S/C24H20N6O2S/c31-30(32)19-9-5-8-18(15-19)28-14-6-11-21(28)23-22(20-10-2-4-13-26-20)27-24(33)29(23)16-17-7-1-3-12-25-17/h1-15,22-23H,16H2,(H,27,33)/t22-,23-/m1/s1. The van der Waals surface area contributed by atoms with Gasteiger partial charge in [0, 0.05) is 36.4 Å². The molecule has 33 heavy (non-hydrogen) atoms. The number of rotatable bonds is 6. The molecular formula is C24H20N6O2S. The Kier molecular flexibility index (Phi) is 5.54. The number of nitro benzene ring substituents is 1. The molecule has 0 bridgehead atoms. The minimum Gasteiger partial charge on any atom is -0.352 e. The summed E-state index contributed by atoms with van der Waals surface area (Å²) in [5.74, 6) is 0. The molecule has 4 aromatic rings. The molecule has 1 aliphatic heterocycles. The number of aromatic nitrogens is 3. The van der Waals surface area contributed by atoms with E-state index in [0.717, 1.165) is 17.1 Å². The van der Waals surface area contributed by atoms with Crippen LogP contribution in [-0.4, -0.2) is 29.5 Å². The van der Waals surface area contributed by atoms with E-state index in [0.29, 0.717) is 17.3 Å². The summed E-state index contributed by atoms with van der Waals surface area (Å²) in [5.41, 5.74) is 3.44. The van der Waals surface area contributed by atoms with Crippen LogP contribution in [-0.2, 0) is 6.54 Å². The summed E-state index contributed by atoms with van der Waals surface area (Å²) in [4.78, 5) is 22.1. The second-order valence-electron chi connectivity index (χ2n) is 7.66. The minimum absolute atomic E-state index is 0.0406. The first-order chi connectivity index (χ1) is 16.1. The Morgan fingerprint density at radius 2 is 1.82 bits per heavy atom. The zero-order valence-electron chi connectivity index (χ0n) is 17.5. The number of non-ortho nitro benzene ring substituents is 1. The molecule has 4 heterocycles. The maximum absolute atomic E-state index is 11.3. The van der Waals surface area contributed by atoms with Crippen LogP contribution >= 0.6 is 12.2 Å². The Bertz CT molecular complexity index is 1290. The van der Waals surface area contributed by atoms with Crippen molar-refractivity contribution in [2.45, 2.75) is 18.6 Å². The van der Waals surface area contributed by atoms with Crippen molar-refractivity contribution in [2.24, 2.45) is 0 Å². The fraction of sp³-hybridized carbons (Fsp3) is 0.125. The molecule has 0 saturated carbocycles. The van der Waals surface area contributed by atoms with Gasteiger partial charge in [0.05, 0.1) is 40.6 Å². The molecule has 0 spiro atoms. The quantitative estimate of drug-likeness (QED) is 0.262. The van der Waals surface area contributed by atoms with Crippen LogP contribution in [0, 0.1) is 10.1 Å². The number of pyridine rings is 2. The first-order valence-electron chi connectivity index (χ1n) is 10.4. The lowest BCUT2D eigenvalue weighted by Crippen LogP contribution is -2.30. The highest BCUT2D eigenvalue weighted by atomic mass is 32.1. The highest BCUT2D eigenvalue weighted by molar-refractivity contribution is 7.80. The molecule has 0 amide bonds. The van der Waals surface area contributed by atoms with Crippen molar-refractivity contribution >= 4 is 23.0 Å². The number of hydrogen-bond acceptors (Lipinski definition) is 5. The highest BCUT2D eigenvalue weighted by Gasteiger charge is 2.41. The lowest BCUT2D eigenvalue weighted by Gasteiger charge is -2.28. The molecule has 1 aromatic carbocycles. The minimum atomic E-state index is -0.386. The summed E-state index contributed by atoms with van der Waals surface area (Å²) in [6, 6.07) is 21.7. The number of nitrogens with zero attached hydrogens (tertiary/aromatic N) is 5. The average Bonchev–Trinajstić information content (AvgIpc) is 3.45. The van der Waals surface area contributed by atoms with Crippen molar-refractivity contribution in [1.82, 2.24) is 24.8 Å². The van der Waals surface area contributed by atoms with Gasteiger partial charge in [-0.1, -0.05) is 18.2 Å². The van der Waals surface area contributed by atoms with Crippen LogP contribution in [0.15, 0.2) is 91.4 Å². The molecule has 3 aromatic heterocycles. The van der Waals surface area contributed by atoms with E-state index in [1.807, 2.05) is 65.4 Å². The Labute approximate surface area is 195 Å². The van der Waals surface area contributed by atoms with Gasteiger partial charge in [-0.15, -0.1) is 0 Å². The van der Waals surface area contributed by atoms with E-state index in [1.54, 1.807) is 24.5 Å². The van der Waals surface area contributed by atoms with Crippen LogP contribution in [0.3, 0.4) is 0 Å². The molecule has 1 N–H and O–H groups in total. The summed E-state index contributed by atoms with van der Waals surface area (Å²) < 4.78 is 1.97. The zero-order chi connectivity index (χ0) is 22.8. The number of nitrogens with one attached hydrogen (secondary N) is 1. The summed E-state index contributed by atoms with van der Waals surface area (Å²) in [6.07, 6.45) is 5.43. The second kappa shape index (κ2) is 8.79. The van der Waals surface area contributed by atoms with E-state index in [-0.39, 0.29) is 22.7 Å². The molecule has 5 rings (SSSR count). The molecule has 164 valence electrons. The average molecular weight is 457 g/mol. The van der Waals surface area contributed by atoms with Gasteiger partial charge in [-0.3, -0.25) is 20.1 Å². The predicted molar refractivity (Wildman–Crippen MR) is 128 cm³/mol. The van der Waals surface area contributed by atoms with Crippen LogP contribution in [0.4, 0.5) is 5.69 Å². The van der Waals surface area contributed by atoms with E-state index >= 15 is 0 Å². The largest absolute Gasteiger partial charge is 0.352 e. The van der Waals surface area contributed by atoms with Crippen LogP contribution in [0.25, 0.3) is 5.69 Å². The van der Waals surface area contributed by atoms with Gasteiger partial charge < -0.3 is 14.8 Å². The summed E-state index contributed by atoms with van der Waals surface area (Å²) in [5, 5.41) is 15.4. The molecule has 1 fully saturated rings. The van der Waals surface area contributed by atoms with Crippen LogP contribution in [0.2, 0.25) is 0 Å². The fourth-order valence-corrected chi connectivity index (χ4v) is 4.50. The lowest BCUT2D eigenvalue weighted by atomic mass is 10.0. The first-order valence-corrected chi connectivity index (χ1v) is 10.8. The monoisotopic (exact) mass is 456 g/mol. The maximum atomic E-state index is 11.3. The molecule has 1 aliphatic rings. The van der Waals surface area contributed by atoms with E-state index in [9.17, 15) is 10.1 Å². The predicted octanol–water partition coefficient (Wildman–Crippen LogP) is 4.35. The third-order valence-corrected chi connectivity index (χ3v) is 6.01. The third-order valence-electron chi connectivity index (χ3n) is 5.66. The Morgan fingerprint density at radius 1 is 1.00 bits per heavy atom. The Balaban J connectivity index is 1.61. The van der Waals surface area contributed by atoms with Crippen LogP contribution < -0.4 is 5.32 Å². The normalized spacial score (nSPS) is 17.7. The molecule has 0 unspecified atom stereocenters. The van der Waals surface area contributed by atoms with Gasteiger partial charge in [-0.05, 0) is 54.7 Å². The topological polar surface area (TPSA) is 89.1 Å². The lowest BCUT2D eigenvalue weighted by molar-refractivity contribution is -0.384. The van der Waals surface area contributed by atoms with Gasteiger partial charge >= 0.3 is 0 Å². The molecule has 8 nitrogen and oxygen atoms in total. The SMILES string of the molecule is O=[N+]([O-])c1cccc(-n2cccc2[C@@H]2[C@@H](c3ccccn3)NC(=S)N2Cc2ccccn2)c1. The summed E-state index contributed by atoms with van der Waals surface area (Å²) in [6.45, 7) is 0.515. The van der Waals surface area contributed by atoms with E-state index < -0.39 is 0 Å². The molecule has 9 heteroatoms. The van der Waals surface area contributed by atoms with E-state index in [4.69, 9.17) is 12.2 Å². The third kappa shape index (κ3) is 4.06. The van der Waals surface area contributed by atoms with Crippen molar-refractivity contribution in [2.75, 3.05) is 0 Å². The molecular weight excluding hydrogens is 436 g/mol. The van der Waals surface area contributed by atoms with Crippen LogP contribution in [0.1, 0.15) is 29.2 Å². The molecule has 1 saturated heterocycles. The van der Waals surface area contributed by atoms with Gasteiger partial charge in [-0.2, -0.15) is 0 Å². The Morgan fingerprint density at radius 3 is 2.55 bits per heavy atom. The number of nitro groups is 1. The number of hydrogen-bond donors (Lipinski definition) is 1. The zero-order valence-corrected chi connectivity index (χ0v) is 18.3. The van der Waals surface area contributed by atoms with Crippen molar-refractivity contribution in [3.63, 3.8) is 0 Å². The van der Waals surface area contributed by atoms with Gasteiger partial charge in [0.2, 0.25) is 0 Å². The van der Waals surface area contributed by atoms with Crippen molar-refractivity contribution in [3.05, 3.63) is 119 Å². The first kappa shape index (κ1) is 20.8. The second-order valence-corrected chi connectivity index (χ2v) is 8.04. The highest BCUT2D eigenvalue weighted by Crippen LogP contribution is 2.40. The molecule has 0 aliphatic carbocycles. The maximum Gasteiger partial charge on any atom is 0.271 e. The van der Waals surface area contributed by atoms with Crippen LogP contribution in [0.5, 0.6) is 0 Å². The van der Waals surface area contributed by atoms with Gasteiger partial charge in [0.25, 0.3) is 5.69 Å². The summed E-state index contributed by atoms with van der Waals surface area (Å²) >= 11 is 5.74. The summed E-state index contributed by atoms with van der Waals surface area (Å²) in [7, 11) is 0. The smallest absolute Gasteiger partial charge is 0.271 e. The van der Waals surface area contributed by atoms with Gasteiger partial charge in [-0.25, -0.2) is 0 Å². The van der Waals surface area contributed by atoms with Crippen molar-refractivity contribution < 1.29 is 4.92 Å². The van der Waals surface area contributed by atoms with Gasteiger partial charge in [0.15, 0.2) is 5.11 Å².